The summed E-state index contributed by atoms with van der Waals surface area (Å²) in [6.45, 7) is 0.596. The molecule has 0 amide bonds. The van der Waals surface area contributed by atoms with Crippen molar-refractivity contribution in [2.24, 2.45) is 0 Å². The molecule has 1 fully saturated rings. The lowest BCUT2D eigenvalue weighted by Crippen LogP contribution is -2.38. The largest absolute Gasteiger partial charge is 0.387 e. The van der Waals surface area contributed by atoms with Crippen LogP contribution in [0.2, 0.25) is 0 Å². The van der Waals surface area contributed by atoms with Gasteiger partial charge in [0.15, 0.2) is 5.82 Å². The van der Waals surface area contributed by atoms with Crippen molar-refractivity contribution in [1.82, 2.24) is 4.31 Å². The van der Waals surface area contributed by atoms with Crippen LogP contribution >= 0.6 is 11.8 Å². The van der Waals surface area contributed by atoms with Crippen LogP contribution in [0.15, 0.2) is 17.0 Å². The van der Waals surface area contributed by atoms with Crippen LogP contribution in [0.1, 0.15) is 0 Å². The number of benzene rings is 1. The zero-order valence-corrected chi connectivity index (χ0v) is 12.8. The molecule has 0 spiro atoms. The van der Waals surface area contributed by atoms with Gasteiger partial charge in [0.1, 0.15) is 4.90 Å². The Hall–Kier alpha value is -1.39. The van der Waals surface area contributed by atoms with Crippen LogP contribution in [0.3, 0.4) is 0 Å². The molecule has 0 unspecified atom stereocenters. The molecule has 1 N–H and O–H groups in total. The van der Waals surface area contributed by atoms with Gasteiger partial charge in [-0.15, -0.1) is 0 Å². The van der Waals surface area contributed by atoms with Gasteiger partial charge in [0.05, 0.1) is 16.7 Å². The van der Waals surface area contributed by atoms with E-state index in [1.165, 1.54) is 11.4 Å². The molecule has 21 heavy (non-hydrogen) atoms. The van der Waals surface area contributed by atoms with Crippen molar-refractivity contribution >= 4 is 33.2 Å². The number of hydrogen-bond acceptors (Lipinski definition) is 6. The van der Waals surface area contributed by atoms with E-state index in [1.807, 2.05) is 0 Å². The van der Waals surface area contributed by atoms with Crippen LogP contribution in [0, 0.1) is 15.9 Å². The van der Waals surface area contributed by atoms with Crippen molar-refractivity contribution in [3.05, 3.63) is 28.1 Å². The monoisotopic (exact) mass is 335 g/mol. The summed E-state index contributed by atoms with van der Waals surface area (Å²) in [6, 6.07) is 1.65. The van der Waals surface area contributed by atoms with E-state index in [2.05, 4.69) is 5.32 Å². The molecule has 0 aliphatic carbocycles. The van der Waals surface area contributed by atoms with E-state index in [9.17, 15) is 22.9 Å². The SMILES string of the molecule is CNc1cc([N+](=O)[O-])cc(F)c1S(=O)(=O)N1CCSCC1. The summed E-state index contributed by atoms with van der Waals surface area (Å²) in [5, 5.41) is 13.3. The Morgan fingerprint density at radius 2 is 2.00 bits per heavy atom. The van der Waals surface area contributed by atoms with Gasteiger partial charge in [-0.1, -0.05) is 0 Å². The Kier molecular flexibility index (Phi) is 4.69. The van der Waals surface area contributed by atoms with Gasteiger partial charge in [0, 0.05) is 37.7 Å². The molecule has 1 aliphatic heterocycles. The molecule has 0 atom stereocenters. The molecule has 1 aliphatic rings. The first-order valence-corrected chi connectivity index (χ1v) is 8.71. The lowest BCUT2D eigenvalue weighted by atomic mass is 10.2. The van der Waals surface area contributed by atoms with E-state index in [1.54, 1.807) is 11.8 Å². The zero-order valence-electron chi connectivity index (χ0n) is 11.2. The van der Waals surface area contributed by atoms with E-state index in [4.69, 9.17) is 0 Å². The van der Waals surface area contributed by atoms with Crippen molar-refractivity contribution in [3.63, 3.8) is 0 Å². The standard InChI is InChI=1S/C11H14FN3O4S2/c1-13-10-7-8(15(16)17)6-9(12)11(10)21(18,19)14-2-4-20-5-3-14/h6-7,13H,2-5H2,1H3. The maximum Gasteiger partial charge on any atom is 0.274 e. The first-order chi connectivity index (χ1) is 9.87. The summed E-state index contributed by atoms with van der Waals surface area (Å²) in [5.74, 6) is 0.164. The summed E-state index contributed by atoms with van der Waals surface area (Å²) < 4.78 is 40.4. The van der Waals surface area contributed by atoms with Crippen molar-refractivity contribution in [2.75, 3.05) is 37.0 Å². The number of halogens is 1. The van der Waals surface area contributed by atoms with E-state index in [-0.39, 0.29) is 5.69 Å². The van der Waals surface area contributed by atoms with Gasteiger partial charge in [-0.25, -0.2) is 12.8 Å². The molecular formula is C11H14FN3O4S2. The molecule has 7 nitrogen and oxygen atoms in total. The maximum atomic E-state index is 14.2. The lowest BCUT2D eigenvalue weighted by molar-refractivity contribution is -0.385. The number of nitro groups is 1. The fourth-order valence-electron chi connectivity index (χ4n) is 2.05. The Balaban J connectivity index is 2.54. The number of thioether (sulfide) groups is 1. The highest BCUT2D eigenvalue weighted by molar-refractivity contribution is 7.99. The van der Waals surface area contributed by atoms with Crippen molar-refractivity contribution in [1.29, 1.82) is 0 Å². The third kappa shape index (κ3) is 3.11. The van der Waals surface area contributed by atoms with Crippen molar-refractivity contribution in [2.45, 2.75) is 4.90 Å². The second kappa shape index (κ2) is 6.16. The molecule has 1 saturated heterocycles. The normalized spacial score (nSPS) is 16.7. The van der Waals surface area contributed by atoms with Gasteiger partial charge >= 0.3 is 0 Å². The minimum Gasteiger partial charge on any atom is -0.387 e. The van der Waals surface area contributed by atoms with E-state index < -0.39 is 31.3 Å². The first kappa shape index (κ1) is 16.0. The number of anilines is 1. The number of nitro benzene ring substituents is 1. The molecule has 0 saturated carbocycles. The van der Waals surface area contributed by atoms with Crippen LogP contribution in [-0.4, -0.2) is 49.3 Å². The van der Waals surface area contributed by atoms with Gasteiger partial charge < -0.3 is 5.32 Å². The average molecular weight is 335 g/mol. The predicted molar refractivity (Wildman–Crippen MR) is 78.7 cm³/mol. The van der Waals surface area contributed by atoms with E-state index in [0.717, 1.165) is 6.07 Å². The van der Waals surface area contributed by atoms with Crippen LogP contribution in [0.5, 0.6) is 0 Å². The molecule has 0 radical (unpaired) electrons. The van der Waals surface area contributed by atoms with Gasteiger partial charge in [0.25, 0.3) is 5.69 Å². The quantitative estimate of drug-likeness (QED) is 0.662. The molecule has 1 aromatic carbocycles. The van der Waals surface area contributed by atoms with Gasteiger partial charge in [-0.05, 0) is 0 Å². The number of hydrogen-bond donors (Lipinski definition) is 1. The Labute approximate surface area is 125 Å². The number of sulfonamides is 1. The molecule has 0 aromatic heterocycles. The third-order valence-electron chi connectivity index (χ3n) is 3.08. The minimum atomic E-state index is -4.02. The second-order valence-corrected chi connectivity index (χ2v) is 7.43. The molecule has 116 valence electrons. The third-order valence-corrected chi connectivity index (χ3v) is 5.99. The van der Waals surface area contributed by atoms with E-state index in [0.29, 0.717) is 30.7 Å². The summed E-state index contributed by atoms with van der Waals surface area (Å²) in [6.07, 6.45) is 0. The number of nitrogens with one attached hydrogen (secondary N) is 1. The first-order valence-electron chi connectivity index (χ1n) is 6.11. The van der Waals surface area contributed by atoms with Crippen LogP contribution in [0.25, 0.3) is 0 Å². The highest BCUT2D eigenvalue weighted by Gasteiger charge is 2.32. The summed E-state index contributed by atoms with van der Waals surface area (Å²) in [4.78, 5) is 9.43. The minimum absolute atomic E-state index is 0.111. The average Bonchev–Trinajstić information content (AvgIpc) is 2.46. The second-order valence-electron chi connectivity index (χ2n) is 4.33. The lowest BCUT2D eigenvalue weighted by Gasteiger charge is -2.26. The van der Waals surface area contributed by atoms with Crippen molar-refractivity contribution in [3.8, 4) is 0 Å². The topological polar surface area (TPSA) is 92.5 Å². The fourth-order valence-corrected chi connectivity index (χ4v) is 4.85. The van der Waals surface area contributed by atoms with E-state index >= 15 is 0 Å². The molecular weight excluding hydrogens is 321 g/mol. The van der Waals surface area contributed by atoms with Gasteiger partial charge in [-0.3, -0.25) is 10.1 Å². The molecule has 2 rings (SSSR count). The molecule has 1 heterocycles. The van der Waals surface area contributed by atoms with Crippen molar-refractivity contribution < 1.29 is 17.7 Å². The fraction of sp³-hybridized carbons (Fsp3) is 0.455. The highest BCUT2D eigenvalue weighted by atomic mass is 32.2. The molecule has 0 bridgehead atoms. The van der Waals surface area contributed by atoms with Crippen LogP contribution < -0.4 is 5.32 Å². The Morgan fingerprint density at radius 1 is 1.38 bits per heavy atom. The summed E-state index contributed by atoms with van der Waals surface area (Å²) in [5.41, 5.74) is -0.607. The Bertz CT molecular complexity index is 660. The number of nitrogens with zero attached hydrogens (tertiary/aromatic N) is 2. The van der Waals surface area contributed by atoms with Gasteiger partial charge in [-0.2, -0.15) is 16.1 Å². The van der Waals surface area contributed by atoms with Crippen LogP contribution in [-0.2, 0) is 10.0 Å². The highest BCUT2D eigenvalue weighted by Crippen LogP contribution is 2.32. The molecule has 10 heteroatoms. The molecule has 1 aromatic rings. The number of non-ortho nitro benzene ring substituents is 1. The Morgan fingerprint density at radius 3 is 2.52 bits per heavy atom. The zero-order chi connectivity index (χ0) is 15.6. The van der Waals surface area contributed by atoms with Gasteiger partial charge in [0.2, 0.25) is 10.0 Å². The van der Waals surface area contributed by atoms with Crippen LogP contribution in [0.4, 0.5) is 15.8 Å². The maximum absolute atomic E-state index is 14.2. The smallest absolute Gasteiger partial charge is 0.274 e. The summed E-state index contributed by atoms with van der Waals surface area (Å²) >= 11 is 1.63. The predicted octanol–water partition coefficient (Wildman–Crippen LogP) is 1.51. The number of rotatable bonds is 4. The summed E-state index contributed by atoms with van der Waals surface area (Å²) in [7, 11) is -2.63.